The van der Waals surface area contributed by atoms with Crippen LogP contribution in [0.1, 0.15) is 201 Å². The fraction of sp³-hybridized carbons (Fsp3) is 0.756. The predicted octanol–water partition coefficient (Wildman–Crippen LogP) is 12.6. The first-order valence-corrected chi connectivity index (χ1v) is 21.1. The van der Waals surface area contributed by atoms with Crippen LogP contribution in [-0.2, 0) is 23.9 Å². The van der Waals surface area contributed by atoms with Crippen molar-refractivity contribution in [1.82, 2.24) is 0 Å². The molecule has 0 aromatic rings. The summed E-state index contributed by atoms with van der Waals surface area (Å²) in [5.74, 6) is -1.23. The number of ketones is 1. The van der Waals surface area contributed by atoms with E-state index >= 15 is 0 Å². The van der Waals surface area contributed by atoms with Crippen LogP contribution in [0.4, 0.5) is 0 Å². The lowest BCUT2D eigenvalue weighted by molar-refractivity contribution is -0.175. The Hall–Kier alpha value is -2.47. The van der Waals surface area contributed by atoms with Crippen LogP contribution >= 0.6 is 0 Å². The van der Waals surface area contributed by atoms with Crippen molar-refractivity contribution in [1.29, 1.82) is 0 Å². The number of carbonyl (C=O) groups excluding carboxylic acids is 3. The van der Waals surface area contributed by atoms with Crippen molar-refractivity contribution in [2.45, 2.75) is 213 Å². The predicted molar refractivity (Wildman–Crippen MR) is 215 cm³/mol. The molecule has 2 unspecified atom stereocenters. The van der Waals surface area contributed by atoms with Crippen molar-refractivity contribution in [3.8, 4) is 0 Å². The number of aliphatic hydroxyl groups excluding tert-OH is 1. The Morgan fingerprint density at radius 1 is 0.451 bits per heavy atom. The van der Waals surface area contributed by atoms with Gasteiger partial charge in [-0.15, -0.1) is 0 Å². The maximum Gasteiger partial charge on any atom is 0.306 e. The van der Waals surface area contributed by atoms with Crippen LogP contribution in [0.2, 0.25) is 0 Å². The molecule has 0 fully saturated rings. The van der Waals surface area contributed by atoms with E-state index in [1.165, 1.54) is 51.4 Å². The Balaban J connectivity index is 4.38. The van der Waals surface area contributed by atoms with Gasteiger partial charge in [-0.05, 0) is 83.5 Å². The van der Waals surface area contributed by atoms with Gasteiger partial charge in [0.05, 0.1) is 6.61 Å². The average molecular weight is 715 g/mol. The summed E-state index contributed by atoms with van der Waals surface area (Å²) in [4.78, 5) is 38.4. The maximum atomic E-state index is 13.1. The second-order valence-electron chi connectivity index (χ2n) is 14.0. The number of rotatable bonds is 37. The van der Waals surface area contributed by atoms with Gasteiger partial charge in [-0.3, -0.25) is 14.4 Å². The lowest BCUT2D eigenvalue weighted by Gasteiger charge is -2.25. The van der Waals surface area contributed by atoms with Crippen molar-refractivity contribution in [3.63, 3.8) is 0 Å². The van der Waals surface area contributed by atoms with Crippen LogP contribution in [0.15, 0.2) is 48.6 Å². The first-order chi connectivity index (χ1) is 25.0. The summed E-state index contributed by atoms with van der Waals surface area (Å²) in [6.45, 7) is 5.95. The zero-order chi connectivity index (χ0) is 37.5. The van der Waals surface area contributed by atoms with E-state index < -0.39 is 30.8 Å². The molecule has 0 aromatic heterocycles. The summed E-state index contributed by atoms with van der Waals surface area (Å²) in [5.41, 5.74) is 0. The van der Waals surface area contributed by atoms with E-state index in [0.717, 1.165) is 89.9 Å². The molecule has 0 aliphatic heterocycles. The molecule has 294 valence electrons. The molecule has 1 N–H and O–H groups in total. The highest BCUT2D eigenvalue weighted by Gasteiger charge is 2.33. The minimum Gasteiger partial charge on any atom is -0.455 e. The van der Waals surface area contributed by atoms with Crippen molar-refractivity contribution in [2.24, 2.45) is 0 Å². The summed E-state index contributed by atoms with van der Waals surface area (Å²) in [6, 6.07) is 0. The van der Waals surface area contributed by atoms with Gasteiger partial charge >= 0.3 is 11.9 Å². The van der Waals surface area contributed by atoms with Crippen LogP contribution in [0.3, 0.4) is 0 Å². The molecule has 0 aliphatic rings. The van der Waals surface area contributed by atoms with Crippen molar-refractivity contribution in [3.05, 3.63) is 48.6 Å². The van der Waals surface area contributed by atoms with Crippen LogP contribution in [0.25, 0.3) is 0 Å². The molecule has 0 saturated heterocycles. The molecule has 0 spiro atoms. The van der Waals surface area contributed by atoms with Gasteiger partial charge < -0.3 is 14.6 Å². The second kappa shape index (κ2) is 38.8. The number of ether oxygens (including phenoxy) is 2. The highest BCUT2D eigenvalue weighted by atomic mass is 16.6. The highest BCUT2D eigenvalue weighted by molar-refractivity contribution is 5.86. The summed E-state index contributed by atoms with van der Waals surface area (Å²) in [7, 11) is 0. The summed E-state index contributed by atoms with van der Waals surface area (Å²) < 4.78 is 11.1. The molecular formula is C45H78O6. The molecule has 0 aliphatic carbocycles. The average Bonchev–Trinajstić information content (AvgIpc) is 3.13. The van der Waals surface area contributed by atoms with Crippen LogP contribution in [0.5, 0.6) is 0 Å². The molecule has 0 saturated carbocycles. The number of Topliss-reactive ketones (excluding diaryl/α,β-unsaturated/α-hetero) is 1. The van der Waals surface area contributed by atoms with E-state index in [9.17, 15) is 19.5 Å². The second-order valence-corrected chi connectivity index (χ2v) is 14.0. The normalized spacial score (nSPS) is 13.2. The molecule has 0 amide bonds. The van der Waals surface area contributed by atoms with E-state index in [1.807, 2.05) is 0 Å². The third kappa shape index (κ3) is 33.1. The van der Waals surface area contributed by atoms with Gasteiger partial charge in [-0.2, -0.15) is 0 Å². The Bertz CT molecular complexity index is 933. The smallest absolute Gasteiger partial charge is 0.306 e. The molecule has 2 atom stereocenters. The van der Waals surface area contributed by atoms with Gasteiger partial charge in [0, 0.05) is 19.3 Å². The van der Waals surface area contributed by atoms with Crippen molar-refractivity contribution >= 4 is 17.7 Å². The Labute approximate surface area is 314 Å². The number of hydrogen-bond donors (Lipinski definition) is 1. The van der Waals surface area contributed by atoms with Crippen molar-refractivity contribution in [2.75, 3.05) is 6.61 Å². The minimum absolute atomic E-state index is 0.210. The Morgan fingerprint density at radius 2 is 0.804 bits per heavy atom. The zero-order valence-corrected chi connectivity index (χ0v) is 33.3. The SMILES string of the molecule is CCCCCC=CCC=CCCCCCCCC(=O)OC(CO)C(OC(=O)CCCCCCCC=CCC=CCCCCC)C(=O)CCCCC. The summed E-state index contributed by atoms with van der Waals surface area (Å²) in [6.07, 6.45) is 42.8. The molecule has 6 heteroatoms. The first kappa shape index (κ1) is 48.5. The lowest BCUT2D eigenvalue weighted by Crippen LogP contribution is -2.43. The third-order valence-electron chi connectivity index (χ3n) is 9.07. The largest absolute Gasteiger partial charge is 0.455 e. The number of unbranched alkanes of at least 4 members (excludes halogenated alkanes) is 18. The fourth-order valence-electron chi connectivity index (χ4n) is 5.83. The van der Waals surface area contributed by atoms with E-state index in [0.29, 0.717) is 19.3 Å². The van der Waals surface area contributed by atoms with Gasteiger partial charge in [-0.25, -0.2) is 0 Å². The standard InChI is InChI=1S/C45H78O6/c1-4-7-10-12-14-16-18-20-22-24-26-28-30-32-35-38-43(48)50-42(40-46)45(41(47)37-34-9-6-3)51-44(49)39-36-33-31-29-27-25-23-21-19-17-15-13-11-8-5-2/h14-17,20-23,42,45-46H,4-13,18-19,24-40H2,1-3H3. The number of esters is 2. The molecule has 0 aromatic carbocycles. The molecular weight excluding hydrogens is 636 g/mol. The minimum atomic E-state index is -1.26. The van der Waals surface area contributed by atoms with Gasteiger partial charge in [0.1, 0.15) is 0 Å². The number of hydrogen-bond acceptors (Lipinski definition) is 6. The summed E-state index contributed by atoms with van der Waals surface area (Å²) >= 11 is 0. The van der Waals surface area contributed by atoms with Gasteiger partial charge in [0.2, 0.25) is 0 Å². The van der Waals surface area contributed by atoms with Gasteiger partial charge in [0.15, 0.2) is 18.0 Å². The van der Waals surface area contributed by atoms with E-state index in [2.05, 4.69) is 69.4 Å². The van der Waals surface area contributed by atoms with Gasteiger partial charge in [-0.1, -0.05) is 146 Å². The third-order valence-corrected chi connectivity index (χ3v) is 9.07. The lowest BCUT2D eigenvalue weighted by atomic mass is 10.0. The molecule has 51 heavy (non-hydrogen) atoms. The van der Waals surface area contributed by atoms with E-state index in [-0.39, 0.29) is 25.0 Å². The van der Waals surface area contributed by atoms with Crippen LogP contribution in [0, 0.1) is 0 Å². The fourth-order valence-corrected chi connectivity index (χ4v) is 5.83. The topological polar surface area (TPSA) is 89.9 Å². The number of allylic oxidation sites excluding steroid dienone is 8. The Kier molecular flexibility index (Phi) is 36.9. The van der Waals surface area contributed by atoms with Crippen molar-refractivity contribution < 1.29 is 29.0 Å². The quantitative estimate of drug-likeness (QED) is 0.0391. The first-order valence-electron chi connectivity index (χ1n) is 21.1. The van der Waals surface area contributed by atoms with E-state index in [1.54, 1.807) is 0 Å². The van der Waals surface area contributed by atoms with E-state index in [4.69, 9.17) is 9.47 Å². The Morgan fingerprint density at radius 3 is 1.24 bits per heavy atom. The summed E-state index contributed by atoms with van der Waals surface area (Å²) in [5, 5.41) is 10.1. The number of aliphatic hydroxyl groups is 1. The zero-order valence-electron chi connectivity index (χ0n) is 33.3. The number of carbonyl (C=O) groups is 3. The molecule has 0 radical (unpaired) electrons. The van der Waals surface area contributed by atoms with Gasteiger partial charge in [0.25, 0.3) is 0 Å². The molecule has 0 bridgehead atoms. The molecule has 0 rings (SSSR count). The molecule has 6 nitrogen and oxygen atoms in total. The highest BCUT2D eigenvalue weighted by Crippen LogP contribution is 2.16. The maximum absolute atomic E-state index is 13.1. The monoisotopic (exact) mass is 715 g/mol. The molecule has 0 heterocycles. The van der Waals surface area contributed by atoms with Crippen LogP contribution in [-0.4, -0.2) is 41.6 Å². The van der Waals surface area contributed by atoms with Crippen LogP contribution < -0.4 is 0 Å².